The first-order chi connectivity index (χ1) is 11.5. The maximum absolute atomic E-state index is 12.7. The van der Waals surface area contributed by atoms with Gasteiger partial charge in [-0.15, -0.1) is 0 Å². The molecular formula is C22H22LiOP. The first-order valence-electron chi connectivity index (χ1n) is 8.09. The predicted molar refractivity (Wildman–Crippen MR) is 106 cm³/mol. The molecule has 0 N–H and O–H groups in total. The molecule has 0 spiro atoms. The molecule has 0 aliphatic carbocycles. The second-order valence-corrected chi connectivity index (χ2v) is 7.45. The zero-order chi connectivity index (χ0) is 17.1. The van der Waals surface area contributed by atoms with Gasteiger partial charge in [-0.2, -0.15) is 0 Å². The van der Waals surface area contributed by atoms with Gasteiger partial charge in [-0.3, -0.25) is 4.79 Å². The van der Waals surface area contributed by atoms with E-state index >= 15 is 0 Å². The molecule has 122 valence electrons. The van der Waals surface area contributed by atoms with Gasteiger partial charge in [-0.25, -0.2) is 0 Å². The van der Waals surface area contributed by atoms with Gasteiger partial charge in [0, 0.05) is 5.56 Å². The van der Waals surface area contributed by atoms with Crippen LogP contribution in [0.1, 0.15) is 28.5 Å². The quantitative estimate of drug-likeness (QED) is 0.527. The number of aryl methyl sites for hydroxylation is 3. The van der Waals surface area contributed by atoms with Gasteiger partial charge in [0.25, 0.3) is 0 Å². The monoisotopic (exact) mass is 340 g/mol. The van der Waals surface area contributed by atoms with Gasteiger partial charge in [0.05, 0.1) is 0 Å². The van der Waals surface area contributed by atoms with Crippen LogP contribution in [-0.2, 0) is 0 Å². The average Bonchev–Trinajstić information content (AvgIpc) is 2.55. The van der Waals surface area contributed by atoms with Crippen LogP contribution in [0, 0.1) is 20.8 Å². The first kappa shape index (κ1) is 19.7. The molecule has 0 aliphatic heterocycles. The first-order valence-corrected chi connectivity index (χ1v) is 9.09. The largest absolute Gasteiger partial charge is 1.00 e. The van der Waals surface area contributed by atoms with E-state index in [1.807, 2.05) is 32.0 Å². The Labute approximate surface area is 165 Å². The summed E-state index contributed by atoms with van der Waals surface area (Å²) in [6.45, 7) is 6.12. The van der Waals surface area contributed by atoms with Crippen molar-refractivity contribution in [2.45, 2.75) is 20.8 Å². The fourth-order valence-corrected chi connectivity index (χ4v) is 4.22. The third-order valence-corrected chi connectivity index (χ3v) is 5.25. The molecule has 0 aliphatic rings. The molecule has 3 heteroatoms. The third kappa shape index (κ3) is 4.71. The van der Waals surface area contributed by atoms with Crippen LogP contribution in [0.4, 0.5) is 0 Å². The van der Waals surface area contributed by atoms with E-state index in [0.29, 0.717) is 0 Å². The molecule has 3 rings (SSSR count). The summed E-state index contributed by atoms with van der Waals surface area (Å²) in [5, 5.41) is 1.08. The summed E-state index contributed by atoms with van der Waals surface area (Å²) in [5.41, 5.74) is 6.83. The van der Waals surface area contributed by atoms with E-state index in [-0.39, 0.29) is 34.4 Å². The molecule has 0 aromatic heterocycles. The normalized spacial score (nSPS) is 10.7. The van der Waals surface area contributed by atoms with Crippen molar-refractivity contribution in [3.63, 3.8) is 0 Å². The van der Waals surface area contributed by atoms with E-state index in [9.17, 15) is 4.79 Å². The summed E-state index contributed by atoms with van der Waals surface area (Å²) in [6, 6.07) is 22.8. The van der Waals surface area contributed by atoms with E-state index in [2.05, 4.69) is 55.5 Å². The average molecular weight is 340 g/mol. The van der Waals surface area contributed by atoms with Crippen molar-refractivity contribution in [2.75, 3.05) is 0 Å². The van der Waals surface area contributed by atoms with Gasteiger partial charge in [-0.05, 0) is 56.9 Å². The number of carbonyl (C=O) groups excluding carboxylic acids is 1. The van der Waals surface area contributed by atoms with Gasteiger partial charge < -0.3 is 1.43 Å². The maximum atomic E-state index is 12.7. The van der Waals surface area contributed by atoms with Crippen molar-refractivity contribution < 1.29 is 25.1 Å². The molecular weight excluding hydrogens is 318 g/mol. The minimum atomic E-state index is 0. The third-order valence-electron chi connectivity index (χ3n) is 4.15. The molecule has 0 amide bonds. The summed E-state index contributed by atoms with van der Waals surface area (Å²) in [7, 11) is 0.160. The summed E-state index contributed by atoms with van der Waals surface area (Å²) in [4.78, 5) is 12.7. The second kappa shape index (κ2) is 8.64. The standard InChI is InChI=1S/C22H21OP.Li.H/c1-15-13-16(2)21(17(3)14-15)22(23)24-20-11-9-19(10-12-20)18-7-5-4-6-8-18;;/h4-14,24H,1-3H3;;/q;+1;-1. The van der Waals surface area contributed by atoms with E-state index in [4.69, 9.17) is 0 Å². The van der Waals surface area contributed by atoms with Gasteiger partial charge in [0.15, 0.2) is 5.52 Å². The summed E-state index contributed by atoms with van der Waals surface area (Å²) >= 11 is 0. The Bertz CT molecular complexity index is 853. The Morgan fingerprint density at radius 2 is 1.32 bits per heavy atom. The molecule has 3 aromatic rings. The van der Waals surface area contributed by atoms with Gasteiger partial charge in [0.2, 0.25) is 0 Å². The minimum Gasteiger partial charge on any atom is -1.00 e. The Morgan fingerprint density at radius 1 is 0.800 bits per heavy atom. The van der Waals surface area contributed by atoms with Crippen molar-refractivity contribution in [1.29, 1.82) is 0 Å². The molecule has 1 atom stereocenters. The Hall–Kier alpha value is -1.64. The summed E-state index contributed by atoms with van der Waals surface area (Å²) in [5.74, 6) is 0. The molecule has 3 aromatic carbocycles. The van der Waals surface area contributed by atoms with Gasteiger partial charge >= 0.3 is 18.9 Å². The summed E-state index contributed by atoms with van der Waals surface area (Å²) in [6.07, 6.45) is 0. The van der Waals surface area contributed by atoms with Crippen molar-refractivity contribution >= 4 is 19.4 Å². The summed E-state index contributed by atoms with van der Waals surface area (Å²) < 4.78 is 0. The zero-order valence-corrected chi connectivity index (χ0v) is 16.3. The molecule has 0 saturated heterocycles. The number of hydrogen-bond donors (Lipinski definition) is 0. The van der Waals surface area contributed by atoms with E-state index < -0.39 is 0 Å². The fraction of sp³-hybridized carbons (Fsp3) is 0.136. The molecule has 0 fully saturated rings. The topological polar surface area (TPSA) is 17.1 Å². The van der Waals surface area contributed by atoms with Crippen LogP contribution in [0.2, 0.25) is 0 Å². The van der Waals surface area contributed by atoms with Crippen molar-refractivity contribution in [2.24, 2.45) is 0 Å². The Balaban J connectivity index is 0.00000169. The number of hydrogen-bond acceptors (Lipinski definition) is 1. The van der Waals surface area contributed by atoms with Gasteiger partial charge in [-0.1, -0.05) is 72.3 Å². The van der Waals surface area contributed by atoms with Crippen LogP contribution < -0.4 is 24.2 Å². The number of rotatable bonds is 4. The fourth-order valence-electron chi connectivity index (χ4n) is 3.11. The predicted octanol–water partition coefficient (Wildman–Crippen LogP) is 2.54. The smallest absolute Gasteiger partial charge is 1.00 e. The van der Waals surface area contributed by atoms with Gasteiger partial charge in [0.1, 0.15) is 0 Å². The van der Waals surface area contributed by atoms with Crippen molar-refractivity contribution in [3.8, 4) is 11.1 Å². The zero-order valence-electron chi connectivity index (χ0n) is 16.3. The maximum Gasteiger partial charge on any atom is 1.00 e. The van der Waals surface area contributed by atoms with Crippen LogP contribution in [0.3, 0.4) is 0 Å². The molecule has 25 heavy (non-hydrogen) atoms. The molecule has 1 nitrogen and oxygen atoms in total. The van der Waals surface area contributed by atoms with Crippen LogP contribution in [-0.4, -0.2) is 5.52 Å². The van der Waals surface area contributed by atoms with Crippen LogP contribution >= 0.6 is 8.58 Å². The molecule has 1 unspecified atom stereocenters. The van der Waals surface area contributed by atoms with Crippen LogP contribution in [0.5, 0.6) is 0 Å². The SMILES string of the molecule is Cc1cc(C)c(C(=O)Pc2ccc(-c3ccccc3)cc2)c(C)c1.[H-].[Li+]. The minimum absolute atomic E-state index is 0. The van der Waals surface area contributed by atoms with E-state index in [1.165, 1.54) is 16.7 Å². The van der Waals surface area contributed by atoms with E-state index in [0.717, 1.165) is 22.0 Å². The molecule has 0 heterocycles. The van der Waals surface area contributed by atoms with Crippen LogP contribution in [0.25, 0.3) is 11.1 Å². The van der Waals surface area contributed by atoms with E-state index in [1.54, 1.807) is 0 Å². The number of benzene rings is 3. The Kier molecular flexibility index (Phi) is 6.80. The van der Waals surface area contributed by atoms with Crippen molar-refractivity contribution in [1.82, 2.24) is 0 Å². The number of carbonyl (C=O) groups is 1. The molecule has 0 saturated carbocycles. The second-order valence-electron chi connectivity index (χ2n) is 6.17. The molecule has 0 bridgehead atoms. The van der Waals surface area contributed by atoms with Crippen LogP contribution in [0.15, 0.2) is 66.7 Å². The van der Waals surface area contributed by atoms with Crippen molar-refractivity contribution in [3.05, 3.63) is 89.0 Å². The molecule has 0 radical (unpaired) electrons. The Morgan fingerprint density at radius 3 is 1.88 bits per heavy atom.